The Morgan fingerprint density at radius 1 is 0.943 bits per heavy atom. The molecule has 5 nitrogen and oxygen atoms in total. The quantitative estimate of drug-likeness (QED) is 0.368. The van der Waals surface area contributed by atoms with Gasteiger partial charge in [0, 0.05) is 12.5 Å². The van der Waals surface area contributed by atoms with Crippen molar-refractivity contribution in [2.75, 3.05) is 11.9 Å². The number of anilines is 1. The number of carbonyl (C=O) groups excluding carboxylic acids is 2. The van der Waals surface area contributed by atoms with Crippen LogP contribution < -0.4 is 10.1 Å². The summed E-state index contributed by atoms with van der Waals surface area (Å²) in [5, 5.41) is 2.75. The summed E-state index contributed by atoms with van der Waals surface area (Å²) >= 11 is 0. The van der Waals surface area contributed by atoms with E-state index < -0.39 is 5.97 Å². The van der Waals surface area contributed by atoms with Gasteiger partial charge in [-0.05, 0) is 79.6 Å². The first-order valence-corrected chi connectivity index (χ1v) is 12.0. The van der Waals surface area contributed by atoms with Gasteiger partial charge in [-0.15, -0.1) is 0 Å². The van der Waals surface area contributed by atoms with E-state index in [0.29, 0.717) is 17.9 Å². The predicted octanol–water partition coefficient (Wildman–Crippen LogP) is 6.80. The smallest absolute Gasteiger partial charge is 0.340 e. The van der Waals surface area contributed by atoms with Crippen LogP contribution in [0.5, 0.6) is 5.75 Å². The number of allylic oxidation sites excluding steroid dienone is 2. The number of nitrogens with one attached hydrogen (secondary N) is 1. The van der Waals surface area contributed by atoms with Crippen LogP contribution in [0.2, 0.25) is 0 Å². The van der Waals surface area contributed by atoms with Crippen LogP contribution in [0.25, 0.3) is 11.1 Å². The first-order chi connectivity index (χ1) is 17.0. The molecule has 1 N–H and O–H groups in total. The third-order valence-corrected chi connectivity index (χ3v) is 6.09. The van der Waals surface area contributed by atoms with Crippen LogP contribution in [0.15, 0.2) is 66.7 Å². The second kappa shape index (κ2) is 11.0. The molecule has 180 valence electrons. The molecule has 0 spiro atoms. The maximum Gasteiger partial charge on any atom is 0.340 e. The molecule has 0 heterocycles. The molecule has 35 heavy (non-hydrogen) atoms. The highest BCUT2D eigenvalue weighted by Gasteiger charge is 2.23. The first kappa shape index (κ1) is 24.3. The largest absolute Gasteiger partial charge is 0.488 e. The molecule has 0 unspecified atom stereocenters. The van der Waals surface area contributed by atoms with Gasteiger partial charge in [-0.3, -0.25) is 4.79 Å². The Kier molecular flexibility index (Phi) is 7.66. The Balaban J connectivity index is 1.74. The fourth-order valence-electron chi connectivity index (χ4n) is 4.51. The number of hydrogen-bond donors (Lipinski definition) is 1. The summed E-state index contributed by atoms with van der Waals surface area (Å²) in [5.41, 5.74) is 7.60. The van der Waals surface area contributed by atoms with Gasteiger partial charge in [0.1, 0.15) is 12.4 Å². The van der Waals surface area contributed by atoms with Crippen molar-refractivity contribution in [3.8, 4) is 5.75 Å². The number of ether oxygens (including phenoxy) is 2. The van der Waals surface area contributed by atoms with Gasteiger partial charge in [0.05, 0.1) is 17.9 Å². The van der Waals surface area contributed by atoms with E-state index in [1.54, 1.807) is 13.0 Å². The second-order valence-corrected chi connectivity index (χ2v) is 8.75. The van der Waals surface area contributed by atoms with E-state index in [1.807, 2.05) is 36.4 Å². The summed E-state index contributed by atoms with van der Waals surface area (Å²) in [5.74, 6) is 0.180. The van der Waals surface area contributed by atoms with E-state index in [4.69, 9.17) is 9.47 Å². The maximum absolute atomic E-state index is 12.7. The van der Waals surface area contributed by atoms with E-state index in [-0.39, 0.29) is 12.5 Å². The fourth-order valence-corrected chi connectivity index (χ4v) is 4.51. The highest BCUT2D eigenvalue weighted by Crippen LogP contribution is 2.43. The van der Waals surface area contributed by atoms with Crippen molar-refractivity contribution < 1.29 is 19.1 Å². The van der Waals surface area contributed by atoms with E-state index >= 15 is 0 Å². The van der Waals surface area contributed by atoms with Crippen molar-refractivity contribution in [3.05, 3.63) is 94.5 Å². The lowest BCUT2D eigenvalue weighted by Gasteiger charge is -2.17. The summed E-state index contributed by atoms with van der Waals surface area (Å²) in [6, 6.07) is 22.0. The molecule has 0 aromatic heterocycles. The predicted molar refractivity (Wildman–Crippen MR) is 139 cm³/mol. The lowest BCUT2D eigenvalue weighted by molar-refractivity contribution is -0.114. The first-order valence-electron chi connectivity index (χ1n) is 12.0. The van der Waals surface area contributed by atoms with Crippen molar-refractivity contribution in [2.24, 2.45) is 0 Å². The lowest BCUT2D eigenvalue weighted by Crippen LogP contribution is -2.13. The molecule has 0 saturated heterocycles. The van der Waals surface area contributed by atoms with E-state index in [0.717, 1.165) is 41.7 Å². The molecule has 0 atom stereocenters. The molecule has 3 aromatic carbocycles. The molecular formula is C30H31NO4. The highest BCUT2D eigenvalue weighted by atomic mass is 16.5. The fraction of sp³-hybridized carbons (Fsp3) is 0.267. The van der Waals surface area contributed by atoms with E-state index in [2.05, 4.69) is 36.5 Å². The number of aryl methyl sites for hydroxylation is 1. The summed E-state index contributed by atoms with van der Waals surface area (Å²) < 4.78 is 11.5. The zero-order valence-electron chi connectivity index (χ0n) is 20.5. The molecule has 0 radical (unpaired) electrons. The van der Waals surface area contributed by atoms with E-state index in [1.165, 1.54) is 23.6 Å². The molecule has 1 aliphatic carbocycles. The van der Waals surface area contributed by atoms with Gasteiger partial charge in [0.25, 0.3) is 0 Å². The number of carbonyl (C=O) groups is 2. The molecule has 0 bridgehead atoms. The Labute approximate surface area is 206 Å². The molecular weight excluding hydrogens is 438 g/mol. The number of esters is 1. The normalized spacial score (nSPS) is 13.0. The minimum Gasteiger partial charge on any atom is -0.488 e. The minimum atomic E-state index is -0.444. The third-order valence-electron chi connectivity index (χ3n) is 6.09. The summed E-state index contributed by atoms with van der Waals surface area (Å²) in [4.78, 5) is 24.3. The summed E-state index contributed by atoms with van der Waals surface area (Å²) in [6.45, 7) is 6.04. The van der Waals surface area contributed by atoms with Crippen molar-refractivity contribution >= 4 is 28.7 Å². The Bertz CT molecular complexity index is 1260. The van der Waals surface area contributed by atoms with Gasteiger partial charge in [-0.2, -0.15) is 0 Å². The van der Waals surface area contributed by atoms with Gasteiger partial charge in [0.15, 0.2) is 0 Å². The van der Waals surface area contributed by atoms with Crippen LogP contribution in [0.3, 0.4) is 0 Å². The van der Waals surface area contributed by atoms with Crippen molar-refractivity contribution in [3.63, 3.8) is 0 Å². The molecule has 4 rings (SSSR count). The van der Waals surface area contributed by atoms with Gasteiger partial charge in [0.2, 0.25) is 5.91 Å². The van der Waals surface area contributed by atoms with Crippen LogP contribution >= 0.6 is 0 Å². The average Bonchev–Trinajstić information content (AvgIpc) is 3.34. The molecule has 1 amide bonds. The molecule has 3 aromatic rings. The zero-order chi connectivity index (χ0) is 24.8. The zero-order valence-corrected chi connectivity index (χ0v) is 20.5. The minimum absolute atomic E-state index is 0.232. The molecule has 0 saturated carbocycles. The van der Waals surface area contributed by atoms with Crippen LogP contribution in [0.1, 0.15) is 65.7 Å². The van der Waals surface area contributed by atoms with E-state index in [9.17, 15) is 9.59 Å². The van der Waals surface area contributed by atoms with Gasteiger partial charge >= 0.3 is 5.97 Å². The van der Waals surface area contributed by atoms with Crippen LogP contribution in [-0.2, 0) is 16.1 Å². The molecule has 0 aliphatic heterocycles. The van der Waals surface area contributed by atoms with Crippen LogP contribution in [0, 0.1) is 6.92 Å². The van der Waals surface area contributed by atoms with Crippen LogP contribution in [-0.4, -0.2) is 18.5 Å². The maximum atomic E-state index is 12.7. The Hall–Kier alpha value is -3.86. The highest BCUT2D eigenvalue weighted by molar-refractivity contribution is 6.03. The molecule has 1 aliphatic rings. The summed E-state index contributed by atoms with van der Waals surface area (Å²) in [7, 11) is 0. The van der Waals surface area contributed by atoms with Crippen molar-refractivity contribution in [2.45, 2.75) is 46.6 Å². The van der Waals surface area contributed by atoms with Gasteiger partial charge in [-0.25, -0.2) is 4.79 Å². The average molecular weight is 470 g/mol. The number of rotatable bonds is 8. The number of hydrogen-bond acceptors (Lipinski definition) is 4. The number of amides is 1. The standard InChI is InChI=1S/C30H31NO4/c1-4-34-30(33)27-18-23(14-15-28(27)31-21(3)32)24-11-8-12-25(24)26-17-20(2)13-16-29(26)35-19-22-9-6-5-7-10-22/h5-7,9-10,13-18H,4,8,11-12,19H2,1-3H3,(H,31,32). The van der Waals surface area contributed by atoms with Gasteiger partial charge in [-0.1, -0.05) is 48.0 Å². The molecule has 5 heteroatoms. The third kappa shape index (κ3) is 5.80. The lowest BCUT2D eigenvalue weighted by atomic mass is 9.94. The van der Waals surface area contributed by atoms with Crippen LogP contribution in [0.4, 0.5) is 5.69 Å². The molecule has 0 fully saturated rings. The monoisotopic (exact) mass is 469 g/mol. The summed E-state index contributed by atoms with van der Waals surface area (Å²) in [6.07, 6.45) is 2.87. The van der Waals surface area contributed by atoms with Crippen molar-refractivity contribution in [1.29, 1.82) is 0 Å². The Morgan fingerprint density at radius 3 is 2.46 bits per heavy atom. The van der Waals surface area contributed by atoms with Gasteiger partial charge < -0.3 is 14.8 Å². The Morgan fingerprint density at radius 2 is 1.71 bits per heavy atom. The second-order valence-electron chi connectivity index (χ2n) is 8.75. The SMILES string of the molecule is CCOC(=O)c1cc(C2=C(c3cc(C)ccc3OCc3ccccc3)CCC2)ccc1NC(C)=O. The number of benzene rings is 3. The topological polar surface area (TPSA) is 64.6 Å². The van der Waals surface area contributed by atoms with Crippen molar-refractivity contribution in [1.82, 2.24) is 0 Å².